The molecular formula is C64H105NO18. The van der Waals surface area contributed by atoms with Gasteiger partial charge in [0.25, 0.3) is 0 Å². The van der Waals surface area contributed by atoms with Gasteiger partial charge in [0.05, 0.1) is 38.6 Å². The molecule has 3 fully saturated rings. The van der Waals surface area contributed by atoms with Crippen LogP contribution in [0.5, 0.6) is 0 Å². The Morgan fingerprint density at radius 1 is 0.446 bits per heavy atom. The van der Waals surface area contributed by atoms with Gasteiger partial charge in [0, 0.05) is 6.42 Å². The van der Waals surface area contributed by atoms with E-state index in [9.17, 15) is 61.0 Å². The first kappa shape index (κ1) is 73.7. The van der Waals surface area contributed by atoms with E-state index in [2.05, 4.69) is 116 Å². The molecule has 0 spiro atoms. The summed E-state index contributed by atoms with van der Waals surface area (Å²) in [6, 6.07) is -1.01. The Labute approximate surface area is 494 Å². The number of aliphatic hydroxyl groups is 11. The van der Waals surface area contributed by atoms with Crippen LogP contribution in [0.4, 0.5) is 0 Å². The maximum atomic E-state index is 13.3. The molecule has 19 nitrogen and oxygen atoms in total. The van der Waals surface area contributed by atoms with Crippen LogP contribution in [0, 0.1) is 0 Å². The summed E-state index contributed by atoms with van der Waals surface area (Å²) in [5.74, 6) is -0.307. The molecule has 17 unspecified atom stereocenters. The van der Waals surface area contributed by atoms with Gasteiger partial charge in [0.1, 0.15) is 73.2 Å². The number of rotatable bonds is 43. The summed E-state index contributed by atoms with van der Waals surface area (Å²) < 4.78 is 34.2. The number of carbonyl (C=O) groups is 1. The average molecular weight is 1180 g/mol. The third-order valence-corrected chi connectivity index (χ3v) is 14.5. The molecule has 1 amide bonds. The molecule has 83 heavy (non-hydrogen) atoms. The van der Waals surface area contributed by atoms with Gasteiger partial charge in [-0.15, -0.1) is 0 Å². The molecule has 0 aromatic carbocycles. The highest BCUT2D eigenvalue weighted by Crippen LogP contribution is 2.33. The van der Waals surface area contributed by atoms with E-state index < -0.39 is 124 Å². The van der Waals surface area contributed by atoms with Crippen molar-refractivity contribution in [2.75, 3.05) is 26.4 Å². The van der Waals surface area contributed by atoms with Crippen molar-refractivity contribution < 1.29 is 89.4 Å². The lowest BCUT2D eigenvalue weighted by atomic mass is 9.96. The SMILES string of the molecule is CC/C=C\C/C=C\C/C=C\C/C=C\C/C=C\C/C=C\CCCCCCCCCCC(=O)NC(COC1OC(CO)C(OC2OC(CO)C(OC3OC(CO)C(O)C(O)C3O)C(O)C2O)C(O)C1O)C(O)/C=C/CC/C=C/CC/C=C/CCC. The van der Waals surface area contributed by atoms with Crippen LogP contribution in [0.2, 0.25) is 0 Å². The van der Waals surface area contributed by atoms with Gasteiger partial charge in [-0.05, 0) is 89.9 Å². The summed E-state index contributed by atoms with van der Waals surface area (Å²) in [5, 5.41) is 120. The summed E-state index contributed by atoms with van der Waals surface area (Å²) in [6.07, 6.45) is 32.3. The number of hydrogen-bond donors (Lipinski definition) is 12. The van der Waals surface area contributed by atoms with Crippen molar-refractivity contribution in [3.05, 3.63) is 109 Å². The number of ether oxygens (including phenoxy) is 6. The van der Waals surface area contributed by atoms with Gasteiger partial charge in [0.2, 0.25) is 5.91 Å². The fourth-order valence-electron chi connectivity index (χ4n) is 9.52. The van der Waals surface area contributed by atoms with Crippen molar-refractivity contribution >= 4 is 5.91 Å². The van der Waals surface area contributed by atoms with E-state index >= 15 is 0 Å². The summed E-state index contributed by atoms with van der Waals surface area (Å²) in [5.41, 5.74) is 0. The van der Waals surface area contributed by atoms with E-state index in [1.165, 1.54) is 6.42 Å². The summed E-state index contributed by atoms with van der Waals surface area (Å²) >= 11 is 0. The lowest BCUT2D eigenvalue weighted by molar-refractivity contribution is -0.379. The van der Waals surface area contributed by atoms with Crippen LogP contribution in [0.1, 0.15) is 155 Å². The Kier molecular flexibility index (Phi) is 40.6. The fraction of sp³-hybridized carbons (Fsp3) is 0.703. The van der Waals surface area contributed by atoms with E-state index in [4.69, 9.17) is 28.4 Å². The fourth-order valence-corrected chi connectivity index (χ4v) is 9.52. The lowest BCUT2D eigenvalue weighted by Gasteiger charge is -2.48. The first-order valence-electron chi connectivity index (χ1n) is 30.6. The molecule has 0 aliphatic carbocycles. The first-order valence-corrected chi connectivity index (χ1v) is 30.6. The molecule has 17 atom stereocenters. The van der Waals surface area contributed by atoms with Gasteiger partial charge >= 0.3 is 0 Å². The van der Waals surface area contributed by atoms with E-state index in [-0.39, 0.29) is 18.9 Å². The Bertz CT molecular complexity index is 1930. The number of hydrogen-bond acceptors (Lipinski definition) is 18. The topological polar surface area (TPSA) is 307 Å². The predicted octanol–water partition coefficient (Wildman–Crippen LogP) is 5.92. The minimum atomic E-state index is -1.99. The largest absolute Gasteiger partial charge is 0.394 e. The first-order chi connectivity index (χ1) is 40.3. The standard InChI is InChI=1S/C64H105NO18/c1-3-5-7-9-11-13-15-16-17-18-19-20-21-22-23-24-25-26-27-28-29-30-32-34-36-38-40-42-52(70)65-47(48(69)41-39-37-35-33-31-14-12-10-8-6-4-2)46-78-62-58(76)55(73)60(50(44-67)80-62)83-64-59(77)56(74)61(51(45-68)81-64)82-63-57(75)54(72)53(71)49(43-66)79-63/h5,7-8,10-11,13,16-17,19-20,22-23,25-26,31,33,39,41,47-51,53-64,66-69,71-77H,3-4,6,9,12,14-15,18,21,24,27-30,32,34-38,40,42-46H2,1-2H3,(H,65,70)/b7-5-,10-8+,13-11-,17-16-,20-19-,23-22-,26-25-,33-31+,41-39+. The van der Waals surface area contributed by atoms with Crippen molar-refractivity contribution in [1.29, 1.82) is 0 Å². The maximum Gasteiger partial charge on any atom is 0.220 e. The number of unbranched alkanes of at least 4 members (excludes halogenated alkanes) is 11. The Morgan fingerprint density at radius 3 is 1.34 bits per heavy atom. The van der Waals surface area contributed by atoms with E-state index in [1.54, 1.807) is 6.08 Å². The highest BCUT2D eigenvalue weighted by atomic mass is 16.8. The molecule has 0 aromatic heterocycles. The number of amides is 1. The number of allylic oxidation sites excluding steroid dienone is 17. The van der Waals surface area contributed by atoms with Crippen LogP contribution in [-0.4, -0.2) is 193 Å². The molecule has 3 aliphatic heterocycles. The van der Waals surface area contributed by atoms with Gasteiger partial charge in [-0.1, -0.05) is 168 Å². The molecule has 0 saturated carbocycles. The van der Waals surface area contributed by atoms with E-state index in [0.717, 1.165) is 116 Å². The molecular weight excluding hydrogens is 1070 g/mol. The van der Waals surface area contributed by atoms with Crippen LogP contribution in [0.25, 0.3) is 0 Å². The number of nitrogens with one attached hydrogen (secondary N) is 1. The monoisotopic (exact) mass is 1180 g/mol. The van der Waals surface area contributed by atoms with Crippen molar-refractivity contribution in [2.24, 2.45) is 0 Å². The van der Waals surface area contributed by atoms with Crippen molar-refractivity contribution in [3.63, 3.8) is 0 Å². The second-order valence-corrected chi connectivity index (χ2v) is 21.4. The summed E-state index contributed by atoms with van der Waals surface area (Å²) in [4.78, 5) is 13.3. The van der Waals surface area contributed by atoms with Crippen LogP contribution in [-0.2, 0) is 33.2 Å². The highest BCUT2D eigenvalue weighted by Gasteiger charge is 2.53. The second-order valence-electron chi connectivity index (χ2n) is 21.4. The Balaban J connectivity index is 1.44. The van der Waals surface area contributed by atoms with E-state index in [0.29, 0.717) is 12.8 Å². The molecule has 19 heteroatoms. The predicted molar refractivity (Wildman–Crippen MR) is 318 cm³/mol. The normalized spacial score (nSPS) is 30.2. The van der Waals surface area contributed by atoms with Crippen molar-refractivity contribution in [3.8, 4) is 0 Å². The second kappa shape index (κ2) is 45.7. The van der Waals surface area contributed by atoms with Crippen LogP contribution >= 0.6 is 0 Å². The van der Waals surface area contributed by atoms with Crippen molar-refractivity contribution in [2.45, 2.75) is 259 Å². The molecule has 474 valence electrons. The zero-order chi connectivity index (χ0) is 60.5. The number of aliphatic hydroxyl groups excluding tert-OH is 11. The third-order valence-electron chi connectivity index (χ3n) is 14.5. The lowest BCUT2D eigenvalue weighted by Crippen LogP contribution is -2.66. The molecule has 3 aliphatic rings. The summed E-state index contributed by atoms with van der Waals surface area (Å²) in [7, 11) is 0. The smallest absolute Gasteiger partial charge is 0.220 e. The Morgan fingerprint density at radius 2 is 0.843 bits per heavy atom. The van der Waals surface area contributed by atoms with Gasteiger partial charge in [-0.25, -0.2) is 0 Å². The molecule has 12 N–H and O–H groups in total. The van der Waals surface area contributed by atoms with Gasteiger partial charge in [-0.2, -0.15) is 0 Å². The van der Waals surface area contributed by atoms with Crippen molar-refractivity contribution in [1.82, 2.24) is 5.32 Å². The quantitative estimate of drug-likeness (QED) is 0.0249. The minimum Gasteiger partial charge on any atom is -0.394 e. The zero-order valence-corrected chi connectivity index (χ0v) is 49.4. The highest BCUT2D eigenvalue weighted by molar-refractivity contribution is 5.76. The molecule has 3 heterocycles. The zero-order valence-electron chi connectivity index (χ0n) is 49.4. The van der Waals surface area contributed by atoms with Gasteiger partial charge < -0.3 is 89.9 Å². The maximum absolute atomic E-state index is 13.3. The van der Waals surface area contributed by atoms with Crippen LogP contribution in [0.3, 0.4) is 0 Å². The minimum absolute atomic E-state index is 0.214. The van der Waals surface area contributed by atoms with E-state index in [1.807, 2.05) is 6.08 Å². The molecule has 0 radical (unpaired) electrons. The molecule has 3 saturated heterocycles. The molecule has 3 rings (SSSR count). The number of carbonyl (C=O) groups excluding carboxylic acids is 1. The third kappa shape index (κ3) is 29.1. The van der Waals surface area contributed by atoms with Crippen LogP contribution < -0.4 is 5.32 Å². The molecule has 0 aromatic rings. The Hall–Kier alpha value is -3.55. The summed E-state index contributed by atoms with van der Waals surface area (Å²) in [6.45, 7) is 1.46. The van der Waals surface area contributed by atoms with Crippen LogP contribution in [0.15, 0.2) is 109 Å². The van der Waals surface area contributed by atoms with Gasteiger partial charge in [-0.3, -0.25) is 4.79 Å². The average Bonchev–Trinajstić information content (AvgIpc) is 3.62. The molecule has 0 bridgehead atoms. The van der Waals surface area contributed by atoms with Gasteiger partial charge in [0.15, 0.2) is 18.9 Å².